The number of hydrogen-bond donors (Lipinski definition) is 1. The van der Waals surface area contributed by atoms with Crippen molar-refractivity contribution in [2.24, 2.45) is 4.99 Å². The highest BCUT2D eigenvalue weighted by molar-refractivity contribution is 4.93. The van der Waals surface area contributed by atoms with Crippen LogP contribution in [0.5, 0.6) is 0 Å². The van der Waals surface area contributed by atoms with Crippen molar-refractivity contribution in [2.45, 2.75) is 110 Å². The summed E-state index contributed by atoms with van der Waals surface area (Å²) in [5.41, 5.74) is 0. The van der Waals surface area contributed by atoms with Gasteiger partial charge in [0.1, 0.15) is 0 Å². The summed E-state index contributed by atoms with van der Waals surface area (Å²) in [7, 11) is 0. The maximum absolute atomic E-state index is 7.52. The molecule has 1 N–H and O–H groups in total. The first-order chi connectivity index (χ1) is 15.8. The topological polar surface area (TPSA) is 46.1 Å². The van der Waals surface area contributed by atoms with Crippen molar-refractivity contribution in [3.63, 3.8) is 0 Å². The summed E-state index contributed by atoms with van der Waals surface area (Å²) in [6.07, 6.45) is 26.9. The summed E-state index contributed by atoms with van der Waals surface area (Å²) >= 11 is 0. The summed E-state index contributed by atoms with van der Waals surface area (Å²) < 4.78 is 4.49. The Bertz CT molecular complexity index is 793. The van der Waals surface area contributed by atoms with Gasteiger partial charge < -0.3 is 14.5 Å². The van der Waals surface area contributed by atoms with Gasteiger partial charge in [0.05, 0.1) is 10.7 Å². The molecule has 2 aromatic heterocycles. The van der Waals surface area contributed by atoms with Crippen LogP contribution in [0.15, 0.2) is 54.0 Å². The van der Waals surface area contributed by atoms with E-state index in [2.05, 4.69) is 40.6 Å². The normalized spacial score (nSPS) is 11.0. The fraction of sp³-hybridized carbons (Fsp3) is 0.643. The lowest BCUT2D eigenvalue weighted by Crippen LogP contribution is -2.06. The van der Waals surface area contributed by atoms with Crippen molar-refractivity contribution in [3.05, 3.63) is 59.8 Å². The van der Waals surface area contributed by atoms with Gasteiger partial charge in [0.15, 0.2) is 0 Å². The molecule has 0 radical (unpaired) electrons. The van der Waals surface area contributed by atoms with Crippen molar-refractivity contribution in [3.8, 4) is 0 Å². The molecule has 0 saturated heterocycles. The highest BCUT2D eigenvalue weighted by atomic mass is 14.9. The molecule has 2 heterocycles. The number of aryl methyl sites for hydroxylation is 2. The molecular weight excluding hydrogens is 392 g/mol. The van der Waals surface area contributed by atoms with Crippen LogP contribution in [0.2, 0.25) is 0 Å². The molecule has 0 unspecified atom stereocenters. The number of nitrogens with zero attached hydrogens (tertiary/aromatic N) is 3. The van der Waals surface area contributed by atoms with Crippen molar-refractivity contribution >= 4 is 0 Å². The molecule has 0 atom stereocenters. The third kappa shape index (κ3) is 12.7. The van der Waals surface area contributed by atoms with Crippen LogP contribution in [0.25, 0.3) is 0 Å². The Hall–Kier alpha value is -2.10. The monoisotopic (exact) mass is 438 g/mol. The first kappa shape index (κ1) is 26.2. The first-order valence-corrected chi connectivity index (χ1v) is 13.2. The molecule has 32 heavy (non-hydrogen) atoms. The van der Waals surface area contributed by atoms with Crippen LogP contribution in [0, 0.1) is 5.41 Å². The van der Waals surface area contributed by atoms with E-state index in [1.165, 1.54) is 89.9 Å². The van der Waals surface area contributed by atoms with Gasteiger partial charge in [-0.3, -0.25) is 4.99 Å². The molecule has 0 aliphatic carbocycles. The van der Waals surface area contributed by atoms with Crippen molar-refractivity contribution < 1.29 is 0 Å². The molecule has 0 aliphatic rings. The number of nitrogens with one attached hydrogen (secondary N) is 1. The van der Waals surface area contributed by atoms with Gasteiger partial charge in [-0.05, 0) is 43.5 Å². The smallest absolute Gasteiger partial charge is 0.0603 e. The molecule has 0 saturated carbocycles. The zero-order valence-electron chi connectivity index (χ0n) is 20.5. The average Bonchev–Trinajstić information content (AvgIpc) is 2.82. The molecule has 0 aromatic carbocycles. The van der Waals surface area contributed by atoms with Gasteiger partial charge in [-0.15, -0.1) is 0 Å². The molecule has 0 spiro atoms. The predicted octanol–water partition coefficient (Wildman–Crippen LogP) is 6.85. The zero-order valence-corrected chi connectivity index (χ0v) is 20.5. The molecule has 4 nitrogen and oxygen atoms in total. The Kier molecular flexibility index (Phi) is 14.3. The second kappa shape index (κ2) is 17.5. The highest BCUT2D eigenvalue weighted by Crippen LogP contribution is 2.10. The third-order valence-electron chi connectivity index (χ3n) is 6.15. The summed E-state index contributed by atoms with van der Waals surface area (Å²) in [6.45, 7) is 5.42. The van der Waals surface area contributed by atoms with Gasteiger partial charge in [-0.1, -0.05) is 77.6 Å². The second-order valence-electron chi connectivity index (χ2n) is 9.10. The number of rotatable bonds is 18. The molecule has 2 aromatic rings. The maximum atomic E-state index is 7.52. The van der Waals surface area contributed by atoms with Gasteiger partial charge in [0.25, 0.3) is 0 Å². The van der Waals surface area contributed by atoms with Crippen LogP contribution in [0.3, 0.4) is 0 Å². The Labute approximate surface area is 195 Å². The van der Waals surface area contributed by atoms with Gasteiger partial charge in [-0.2, -0.15) is 0 Å². The summed E-state index contributed by atoms with van der Waals surface area (Å²) in [6, 6.07) is 8.05. The van der Waals surface area contributed by atoms with E-state index in [-0.39, 0.29) is 0 Å². The Morgan fingerprint density at radius 3 is 1.56 bits per heavy atom. The summed E-state index contributed by atoms with van der Waals surface area (Å²) in [5.74, 6) is 0. The van der Waals surface area contributed by atoms with Crippen molar-refractivity contribution in [1.82, 2.24) is 9.13 Å². The molecule has 2 rings (SSSR count). The maximum Gasteiger partial charge on any atom is 0.0603 e. The van der Waals surface area contributed by atoms with Gasteiger partial charge >= 0.3 is 0 Å². The molecule has 0 amide bonds. The van der Waals surface area contributed by atoms with E-state index in [0.717, 1.165) is 25.0 Å². The summed E-state index contributed by atoms with van der Waals surface area (Å²) in [4.78, 5) is 4.71. The Morgan fingerprint density at radius 1 is 0.594 bits per heavy atom. The number of aromatic nitrogens is 2. The lowest BCUT2D eigenvalue weighted by molar-refractivity contribution is 0.524. The number of pyridine rings is 2. The first-order valence-electron chi connectivity index (χ1n) is 13.2. The Balaban J connectivity index is 1.43. The fourth-order valence-electron chi connectivity index (χ4n) is 4.06. The minimum absolute atomic E-state index is 0.589. The molecule has 0 fully saturated rings. The van der Waals surface area contributed by atoms with Gasteiger partial charge in [0.2, 0.25) is 0 Å². The highest BCUT2D eigenvalue weighted by Gasteiger charge is 1.95. The predicted molar refractivity (Wildman–Crippen MR) is 135 cm³/mol. The van der Waals surface area contributed by atoms with E-state index < -0.39 is 0 Å². The van der Waals surface area contributed by atoms with Gasteiger partial charge in [0, 0.05) is 44.4 Å². The lowest BCUT2D eigenvalue weighted by atomic mass is 10.1. The van der Waals surface area contributed by atoms with E-state index >= 15 is 0 Å². The average molecular weight is 439 g/mol. The van der Waals surface area contributed by atoms with Crippen LogP contribution in [0.4, 0.5) is 0 Å². The van der Waals surface area contributed by atoms with E-state index in [1.807, 2.05) is 24.5 Å². The molecule has 0 aliphatic heterocycles. The standard InChI is InChI=1S/C28H46N4/c1-2-3-4-5-10-13-20-30-28-18-25-32(26-19-28)22-15-12-9-7-6-8-11-14-21-31-23-16-27(29)17-24-31/h16-19,23-26,29H,2-15,20-22H2,1H3. The number of unbranched alkanes of at least 4 members (excludes halogenated alkanes) is 12. The fourth-order valence-corrected chi connectivity index (χ4v) is 4.06. The Morgan fingerprint density at radius 2 is 1.03 bits per heavy atom. The van der Waals surface area contributed by atoms with E-state index in [1.54, 1.807) is 0 Å². The molecule has 4 heteroatoms. The van der Waals surface area contributed by atoms with Crippen molar-refractivity contribution in [1.29, 1.82) is 5.41 Å². The summed E-state index contributed by atoms with van der Waals surface area (Å²) in [5, 5.41) is 9.23. The third-order valence-corrected chi connectivity index (χ3v) is 6.15. The van der Waals surface area contributed by atoms with Crippen LogP contribution in [-0.4, -0.2) is 15.7 Å². The molecular formula is C28H46N4. The molecule has 0 bridgehead atoms. The van der Waals surface area contributed by atoms with Crippen molar-refractivity contribution in [2.75, 3.05) is 6.54 Å². The molecule has 178 valence electrons. The van der Waals surface area contributed by atoms with Crippen LogP contribution in [0.1, 0.15) is 96.8 Å². The largest absolute Gasteiger partial charge is 0.354 e. The minimum atomic E-state index is 0.589. The van der Waals surface area contributed by atoms with E-state index in [9.17, 15) is 0 Å². The van der Waals surface area contributed by atoms with E-state index in [0.29, 0.717) is 5.36 Å². The number of hydrogen-bond acceptors (Lipinski definition) is 2. The van der Waals surface area contributed by atoms with E-state index in [4.69, 9.17) is 10.4 Å². The van der Waals surface area contributed by atoms with Crippen LogP contribution < -0.4 is 10.7 Å². The van der Waals surface area contributed by atoms with Gasteiger partial charge in [-0.25, -0.2) is 0 Å². The quantitative estimate of drug-likeness (QED) is 0.247. The minimum Gasteiger partial charge on any atom is -0.354 e. The van der Waals surface area contributed by atoms with Crippen LogP contribution >= 0.6 is 0 Å². The zero-order chi connectivity index (χ0) is 22.7. The SMILES string of the molecule is CCCCCCCCN=c1ccn(CCCCCCCCCCn2ccc(=N)cc2)cc1. The second-order valence-corrected chi connectivity index (χ2v) is 9.10. The van der Waals surface area contributed by atoms with Crippen LogP contribution in [-0.2, 0) is 13.1 Å². The lowest BCUT2D eigenvalue weighted by Gasteiger charge is -2.07.